The molecular weight excluding hydrogens is 307 g/mol. The molecule has 2 heterocycles. The summed E-state index contributed by atoms with van der Waals surface area (Å²) in [5.74, 6) is 1.68. The summed E-state index contributed by atoms with van der Waals surface area (Å²) in [4.78, 5) is 14.5. The standard InChI is InChI=1S/C16H20Cl2N2O/c17-14-2-1-11(7-15(14)18)8-16(21)20-5-3-12-9-19-10-13(12)4-6-20/h1-2,7,12-13,19H,3-6,8-10H2/t12-,13+. The lowest BCUT2D eigenvalue weighted by molar-refractivity contribution is -0.130. The molecule has 3 rings (SSSR count). The summed E-state index contributed by atoms with van der Waals surface area (Å²) in [6.45, 7) is 3.98. The van der Waals surface area contributed by atoms with Gasteiger partial charge in [-0.05, 0) is 55.5 Å². The van der Waals surface area contributed by atoms with Crippen LogP contribution in [0.25, 0.3) is 0 Å². The first kappa shape index (κ1) is 15.1. The van der Waals surface area contributed by atoms with Crippen molar-refractivity contribution in [3.8, 4) is 0 Å². The van der Waals surface area contributed by atoms with Crippen molar-refractivity contribution in [2.45, 2.75) is 19.3 Å². The minimum Gasteiger partial charge on any atom is -0.342 e. The van der Waals surface area contributed by atoms with E-state index in [0.29, 0.717) is 16.5 Å². The molecule has 2 saturated heterocycles. The van der Waals surface area contributed by atoms with Crippen LogP contribution in [-0.4, -0.2) is 37.0 Å². The van der Waals surface area contributed by atoms with Crippen LogP contribution in [0, 0.1) is 11.8 Å². The monoisotopic (exact) mass is 326 g/mol. The maximum Gasteiger partial charge on any atom is 0.226 e. The van der Waals surface area contributed by atoms with Crippen molar-refractivity contribution in [2.24, 2.45) is 11.8 Å². The highest BCUT2D eigenvalue weighted by Crippen LogP contribution is 2.28. The van der Waals surface area contributed by atoms with Gasteiger partial charge in [0.15, 0.2) is 0 Å². The Morgan fingerprint density at radius 3 is 2.43 bits per heavy atom. The fourth-order valence-electron chi connectivity index (χ4n) is 3.40. The van der Waals surface area contributed by atoms with E-state index >= 15 is 0 Å². The minimum absolute atomic E-state index is 0.196. The molecule has 0 radical (unpaired) electrons. The maximum absolute atomic E-state index is 12.5. The number of amides is 1. The third-order valence-corrected chi connectivity index (χ3v) is 5.45. The Hall–Kier alpha value is -0.770. The second-order valence-corrected chi connectivity index (χ2v) is 6.88. The number of halogens is 2. The predicted molar refractivity (Wildman–Crippen MR) is 85.8 cm³/mol. The summed E-state index contributed by atoms with van der Waals surface area (Å²) in [5, 5.41) is 4.50. The number of benzene rings is 1. The summed E-state index contributed by atoms with van der Waals surface area (Å²) in [6.07, 6.45) is 2.64. The van der Waals surface area contributed by atoms with Crippen LogP contribution in [-0.2, 0) is 11.2 Å². The van der Waals surface area contributed by atoms with Gasteiger partial charge in [0.1, 0.15) is 0 Å². The lowest BCUT2D eigenvalue weighted by Crippen LogP contribution is -2.33. The van der Waals surface area contributed by atoms with Gasteiger partial charge in [-0.15, -0.1) is 0 Å². The molecule has 3 nitrogen and oxygen atoms in total. The van der Waals surface area contributed by atoms with Gasteiger partial charge in [0.2, 0.25) is 5.91 Å². The molecule has 1 aromatic rings. The van der Waals surface area contributed by atoms with Crippen LogP contribution >= 0.6 is 23.2 Å². The molecule has 2 aliphatic heterocycles. The number of likely N-dealkylation sites (tertiary alicyclic amines) is 1. The zero-order valence-electron chi connectivity index (χ0n) is 11.9. The van der Waals surface area contributed by atoms with E-state index in [4.69, 9.17) is 23.2 Å². The maximum atomic E-state index is 12.5. The van der Waals surface area contributed by atoms with Gasteiger partial charge in [-0.25, -0.2) is 0 Å². The van der Waals surface area contributed by atoms with E-state index in [-0.39, 0.29) is 5.91 Å². The largest absolute Gasteiger partial charge is 0.342 e. The van der Waals surface area contributed by atoms with E-state index in [9.17, 15) is 4.79 Å². The summed E-state index contributed by atoms with van der Waals surface area (Å²) in [5.41, 5.74) is 0.931. The molecule has 0 bridgehead atoms. The van der Waals surface area contributed by atoms with Crippen LogP contribution in [0.5, 0.6) is 0 Å². The Balaban J connectivity index is 1.61. The molecule has 114 valence electrons. The Kier molecular flexibility index (Phi) is 4.72. The number of hydrogen-bond donors (Lipinski definition) is 1. The van der Waals surface area contributed by atoms with Crippen molar-refractivity contribution in [3.05, 3.63) is 33.8 Å². The van der Waals surface area contributed by atoms with Crippen molar-refractivity contribution in [1.29, 1.82) is 0 Å². The summed E-state index contributed by atoms with van der Waals surface area (Å²) < 4.78 is 0. The molecule has 0 spiro atoms. The quantitative estimate of drug-likeness (QED) is 0.906. The number of nitrogens with zero attached hydrogens (tertiary/aromatic N) is 1. The molecular formula is C16H20Cl2N2O. The smallest absolute Gasteiger partial charge is 0.226 e. The molecule has 5 heteroatoms. The summed E-state index contributed by atoms with van der Waals surface area (Å²) >= 11 is 11.9. The Bertz CT molecular complexity index is 521. The van der Waals surface area contributed by atoms with E-state index in [0.717, 1.165) is 56.4 Å². The SMILES string of the molecule is O=C(Cc1ccc(Cl)c(Cl)c1)N1CC[C@@H]2CNC[C@@H]2CC1. The molecule has 0 saturated carbocycles. The molecule has 21 heavy (non-hydrogen) atoms. The van der Waals surface area contributed by atoms with E-state index in [1.807, 2.05) is 11.0 Å². The van der Waals surface area contributed by atoms with Gasteiger partial charge >= 0.3 is 0 Å². The number of hydrogen-bond acceptors (Lipinski definition) is 2. The third kappa shape index (κ3) is 3.53. The van der Waals surface area contributed by atoms with Crippen molar-refractivity contribution in [3.63, 3.8) is 0 Å². The third-order valence-electron chi connectivity index (χ3n) is 4.71. The lowest BCUT2D eigenvalue weighted by Gasteiger charge is -2.21. The van der Waals surface area contributed by atoms with E-state index in [1.165, 1.54) is 0 Å². The second-order valence-electron chi connectivity index (χ2n) is 6.06. The van der Waals surface area contributed by atoms with E-state index in [1.54, 1.807) is 12.1 Å². The van der Waals surface area contributed by atoms with Crippen LogP contribution in [0.4, 0.5) is 0 Å². The number of nitrogens with one attached hydrogen (secondary N) is 1. The topological polar surface area (TPSA) is 32.3 Å². The van der Waals surface area contributed by atoms with Gasteiger partial charge in [-0.3, -0.25) is 4.79 Å². The lowest BCUT2D eigenvalue weighted by atomic mass is 9.92. The van der Waals surface area contributed by atoms with Gasteiger partial charge in [0.25, 0.3) is 0 Å². The van der Waals surface area contributed by atoms with Crippen LogP contribution in [0.1, 0.15) is 18.4 Å². The number of carbonyl (C=O) groups excluding carboxylic acids is 1. The number of fused-ring (bicyclic) bond motifs is 1. The highest BCUT2D eigenvalue weighted by Gasteiger charge is 2.31. The first-order chi connectivity index (χ1) is 10.1. The molecule has 2 aliphatic rings. The van der Waals surface area contributed by atoms with E-state index in [2.05, 4.69) is 5.32 Å². The molecule has 1 amide bonds. The van der Waals surface area contributed by atoms with Crippen molar-refractivity contribution in [1.82, 2.24) is 10.2 Å². The van der Waals surface area contributed by atoms with Gasteiger partial charge < -0.3 is 10.2 Å². The predicted octanol–water partition coefficient (Wildman–Crippen LogP) is 2.99. The number of rotatable bonds is 2. The molecule has 0 aromatic heterocycles. The van der Waals surface area contributed by atoms with Crippen LogP contribution in [0.2, 0.25) is 10.0 Å². The van der Waals surface area contributed by atoms with Gasteiger partial charge in [-0.2, -0.15) is 0 Å². The van der Waals surface area contributed by atoms with Crippen molar-refractivity contribution in [2.75, 3.05) is 26.2 Å². The van der Waals surface area contributed by atoms with Crippen LogP contribution in [0.15, 0.2) is 18.2 Å². The summed E-state index contributed by atoms with van der Waals surface area (Å²) in [7, 11) is 0. The molecule has 2 atom stereocenters. The molecule has 1 aromatic carbocycles. The fraction of sp³-hybridized carbons (Fsp3) is 0.562. The molecule has 0 unspecified atom stereocenters. The highest BCUT2D eigenvalue weighted by molar-refractivity contribution is 6.42. The van der Waals surface area contributed by atoms with Gasteiger partial charge in [0.05, 0.1) is 16.5 Å². The second kappa shape index (κ2) is 6.55. The summed E-state index contributed by atoms with van der Waals surface area (Å²) in [6, 6.07) is 5.42. The minimum atomic E-state index is 0.196. The van der Waals surface area contributed by atoms with Crippen molar-refractivity contribution < 1.29 is 4.79 Å². The molecule has 0 aliphatic carbocycles. The number of carbonyl (C=O) groups is 1. The molecule has 1 N–H and O–H groups in total. The average Bonchev–Trinajstić information content (AvgIpc) is 2.81. The van der Waals surface area contributed by atoms with Gasteiger partial charge in [-0.1, -0.05) is 29.3 Å². The van der Waals surface area contributed by atoms with Crippen LogP contribution in [0.3, 0.4) is 0 Å². The Morgan fingerprint density at radius 1 is 1.14 bits per heavy atom. The zero-order valence-corrected chi connectivity index (χ0v) is 13.5. The molecule has 2 fully saturated rings. The zero-order chi connectivity index (χ0) is 14.8. The first-order valence-electron chi connectivity index (χ1n) is 7.56. The average molecular weight is 327 g/mol. The van der Waals surface area contributed by atoms with E-state index < -0.39 is 0 Å². The normalized spacial score (nSPS) is 25.5. The Labute approximate surface area is 135 Å². The first-order valence-corrected chi connectivity index (χ1v) is 8.31. The van der Waals surface area contributed by atoms with Crippen LogP contribution < -0.4 is 5.32 Å². The van der Waals surface area contributed by atoms with Crippen molar-refractivity contribution >= 4 is 29.1 Å². The Morgan fingerprint density at radius 2 is 1.81 bits per heavy atom. The van der Waals surface area contributed by atoms with Gasteiger partial charge in [0, 0.05) is 13.1 Å². The highest BCUT2D eigenvalue weighted by atomic mass is 35.5. The fourth-order valence-corrected chi connectivity index (χ4v) is 3.72.